The predicted octanol–water partition coefficient (Wildman–Crippen LogP) is 3.10. The van der Waals surface area contributed by atoms with E-state index >= 15 is 0 Å². The summed E-state index contributed by atoms with van der Waals surface area (Å²) in [5.41, 5.74) is 7.39. The average Bonchev–Trinajstić information content (AvgIpc) is 3.28. The van der Waals surface area contributed by atoms with Gasteiger partial charge in [0.05, 0.1) is 18.5 Å². The second-order valence-corrected chi connectivity index (χ2v) is 5.56. The first-order valence-corrected chi connectivity index (χ1v) is 8.09. The molecule has 4 aromatic rings. The molecule has 0 atom stereocenters. The molecule has 0 saturated carbocycles. The van der Waals surface area contributed by atoms with E-state index in [1.807, 2.05) is 6.07 Å². The number of azo groups is 1. The zero-order chi connectivity index (χ0) is 19.5. The lowest BCUT2D eigenvalue weighted by Gasteiger charge is -2.02. The molecule has 11 heteroatoms. The van der Waals surface area contributed by atoms with Crippen LogP contribution in [0.2, 0.25) is 0 Å². The topological polar surface area (TPSA) is 129 Å². The Balaban J connectivity index is 1.76. The summed E-state index contributed by atoms with van der Waals surface area (Å²) in [4.78, 5) is 15.7. The van der Waals surface area contributed by atoms with Crippen molar-refractivity contribution in [1.29, 1.82) is 0 Å². The Morgan fingerprint density at radius 2 is 1.93 bits per heavy atom. The minimum absolute atomic E-state index is 0.232. The first-order valence-electron chi connectivity index (χ1n) is 8.09. The van der Waals surface area contributed by atoms with Gasteiger partial charge in [-0.15, -0.1) is 10.2 Å². The van der Waals surface area contributed by atoms with Crippen LogP contribution < -0.4 is 5.73 Å². The Morgan fingerprint density at radius 3 is 2.64 bits per heavy atom. The Hall–Kier alpha value is -4.46. The van der Waals surface area contributed by atoms with E-state index < -0.39 is 0 Å². The van der Waals surface area contributed by atoms with Crippen LogP contribution in [0.4, 0.5) is 23.0 Å². The smallest absolute Gasteiger partial charge is 0.252 e. The average molecular weight is 371 g/mol. The molecular formula is C17H13N11. The number of nitrogen functional groups attached to an aromatic ring is 1. The molecule has 0 bridgehead atoms. The molecule has 4 rings (SSSR count). The van der Waals surface area contributed by atoms with Gasteiger partial charge in [0, 0.05) is 18.5 Å². The van der Waals surface area contributed by atoms with Crippen molar-refractivity contribution in [2.45, 2.75) is 6.92 Å². The van der Waals surface area contributed by atoms with Gasteiger partial charge in [0.2, 0.25) is 0 Å². The van der Waals surface area contributed by atoms with Crippen molar-refractivity contribution < 1.29 is 0 Å². The molecule has 0 saturated heterocycles. The van der Waals surface area contributed by atoms with Crippen LogP contribution in [0.15, 0.2) is 59.4 Å². The van der Waals surface area contributed by atoms with E-state index in [4.69, 9.17) is 12.3 Å². The van der Waals surface area contributed by atoms with E-state index in [2.05, 4.69) is 40.2 Å². The molecule has 0 spiro atoms. The molecule has 28 heavy (non-hydrogen) atoms. The Bertz CT molecular complexity index is 1180. The number of aryl methyl sites for hydroxylation is 1. The van der Waals surface area contributed by atoms with Crippen LogP contribution in [0, 0.1) is 13.5 Å². The van der Waals surface area contributed by atoms with Crippen molar-refractivity contribution in [3.63, 3.8) is 0 Å². The normalized spacial score (nSPS) is 11.0. The fourth-order valence-corrected chi connectivity index (χ4v) is 2.49. The lowest BCUT2D eigenvalue weighted by atomic mass is 10.4. The number of pyridine rings is 1. The predicted molar refractivity (Wildman–Crippen MR) is 100 cm³/mol. The van der Waals surface area contributed by atoms with Crippen LogP contribution in [-0.4, -0.2) is 34.5 Å². The lowest BCUT2D eigenvalue weighted by molar-refractivity contribution is 0.833. The van der Waals surface area contributed by atoms with Crippen molar-refractivity contribution in [2.24, 2.45) is 10.2 Å². The molecular weight excluding hydrogens is 358 g/mol. The summed E-state index contributed by atoms with van der Waals surface area (Å²) < 4.78 is 2.90. The highest BCUT2D eigenvalue weighted by Gasteiger charge is 2.16. The largest absolute Gasteiger partial charge is 0.382 e. The van der Waals surface area contributed by atoms with Gasteiger partial charge in [-0.2, -0.15) is 14.9 Å². The third kappa shape index (κ3) is 2.95. The molecule has 0 aliphatic carbocycles. The molecule has 0 fully saturated rings. The molecule has 0 aromatic carbocycles. The molecule has 0 unspecified atom stereocenters. The van der Waals surface area contributed by atoms with E-state index in [9.17, 15) is 0 Å². The minimum Gasteiger partial charge on any atom is -0.382 e. The number of anilines is 1. The summed E-state index contributed by atoms with van der Waals surface area (Å²) in [7, 11) is 0. The fraction of sp³-hybridized carbons (Fsp3) is 0.0588. The number of rotatable bonds is 4. The van der Waals surface area contributed by atoms with Crippen LogP contribution in [-0.2, 0) is 0 Å². The minimum atomic E-state index is 0.232. The van der Waals surface area contributed by atoms with Gasteiger partial charge in [0.25, 0.3) is 5.69 Å². The summed E-state index contributed by atoms with van der Waals surface area (Å²) in [5, 5.41) is 17.0. The third-order valence-electron chi connectivity index (χ3n) is 3.80. The van der Waals surface area contributed by atoms with Crippen molar-refractivity contribution in [3.05, 3.63) is 66.3 Å². The van der Waals surface area contributed by atoms with Crippen molar-refractivity contribution in [3.8, 4) is 11.6 Å². The SMILES string of the molecule is [C-]#[N+]c1cnn(-c2ccncn2)c1/N=N/c1c(C)nn(-c2ccccn2)c1N. The van der Waals surface area contributed by atoms with Gasteiger partial charge in [0.15, 0.2) is 29.0 Å². The number of hydrogen-bond acceptors (Lipinski definition) is 8. The van der Waals surface area contributed by atoms with Gasteiger partial charge in [-0.3, -0.25) is 0 Å². The van der Waals surface area contributed by atoms with Crippen molar-refractivity contribution in [1.82, 2.24) is 34.5 Å². The second-order valence-electron chi connectivity index (χ2n) is 5.56. The lowest BCUT2D eigenvalue weighted by Crippen LogP contribution is -2.03. The maximum atomic E-state index is 7.33. The van der Waals surface area contributed by atoms with Gasteiger partial charge in [-0.05, 0) is 19.1 Å². The molecule has 0 aliphatic heterocycles. The van der Waals surface area contributed by atoms with Crippen LogP contribution in [0.5, 0.6) is 0 Å². The Labute approximate surface area is 159 Å². The maximum Gasteiger partial charge on any atom is 0.252 e. The zero-order valence-electron chi connectivity index (χ0n) is 14.7. The summed E-state index contributed by atoms with van der Waals surface area (Å²) in [6.45, 7) is 9.10. The van der Waals surface area contributed by atoms with Gasteiger partial charge >= 0.3 is 0 Å². The monoisotopic (exact) mass is 371 g/mol. The van der Waals surface area contributed by atoms with E-state index in [0.29, 0.717) is 23.0 Å². The number of aromatic nitrogens is 7. The first kappa shape index (κ1) is 17.0. The van der Waals surface area contributed by atoms with Crippen LogP contribution in [0.25, 0.3) is 16.5 Å². The molecule has 4 aromatic heterocycles. The van der Waals surface area contributed by atoms with E-state index in [-0.39, 0.29) is 17.3 Å². The number of nitrogens with zero attached hydrogens (tertiary/aromatic N) is 10. The summed E-state index contributed by atoms with van der Waals surface area (Å²) in [6, 6.07) is 7.07. The van der Waals surface area contributed by atoms with Gasteiger partial charge in [-0.1, -0.05) is 6.07 Å². The molecule has 0 radical (unpaired) electrons. The molecule has 0 aliphatic rings. The van der Waals surface area contributed by atoms with Crippen LogP contribution in [0.1, 0.15) is 5.69 Å². The second kappa shape index (κ2) is 7.04. The number of nitrogens with two attached hydrogens (primary N) is 1. The number of hydrogen-bond donors (Lipinski definition) is 1. The van der Waals surface area contributed by atoms with Crippen LogP contribution >= 0.6 is 0 Å². The maximum absolute atomic E-state index is 7.33. The highest BCUT2D eigenvalue weighted by atomic mass is 15.4. The van der Waals surface area contributed by atoms with Gasteiger partial charge < -0.3 is 5.73 Å². The standard InChI is InChI=1S/C17H13N11/c1-11-15(16(18)27(26-11)13-5-3-4-7-21-13)24-25-17-12(19-2)9-23-28(17)14-6-8-20-10-22-14/h3-10H,18H2,1H3/b25-24+. The van der Waals surface area contributed by atoms with E-state index in [1.54, 1.807) is 37.5 Å². The van der Waals surface area contributed by atoms with Crippen molar-refractivity contribution >= 4 is 23.0 Å². The molecule has 2 N–H and O–H groups in total. The zero-order valence-corrected chi connectivity index (χ0v) is 14.7. The highest BCUT2D eigenvalue weighted by molar-refractivity contribution is 5.66. The third-order valence-corrected chi connectivity index (χ3v) is 3.80. The molecule has 11 nitrogen and oxygen atoms in total. The fourth-order valence-electron chi connectivity index (χ4n) is 2.49. The first-order chi connectivity index (χ1) is 13.7. The van der Waals surface area contributed by atoms with Crippen molar-refractivity contribution in [2.75, 3.05) is 5.73 Å². The Morgan fingerprint density at radius 1 is 1.07 bits per heavy atom. The highest BCUT2D eigenvalue weighted by Crippen LogP contribution is 2.34. The molecule has 136 valence electrons. The van der Waals surface area contributed by atoms with E-state index in [1.165, 1.54) is 21.9 Å². The Kier molecular flexibility index (Phi) is 4.27. The van der Waals surface area contributed by atoms with Gasteiger partial charge in [0.1, 0.15) is 6.33 Å². The summed E-state index contributed by atoms with van der Waals surface area (Å²) in [6.07, 6.45) is 6.00. The summed E-state index contributed by atoms with van der Waals surface area (Å²) in [5.74, 6) is 1.56. The quantitative estimate of drug-likeness (QED) is 0.433. The van der Waals surface area contributed by atoms with Crippen LogP contribution in [0.3, 0.4) is 0 Å². The summed E-state index contributed by atoms with van der Waals surface area (Å²) >= 11 is 0. The molecule has 4 heterocycles. The molecule has 0 amide bonds. The van der Waals surface area contributed by atoms with E-state index in [0.717, 1.165) is 0 Å². The van der Waals surface area contributed by atoms with Gasteiger partial charge in [-0.25, -0.2) is 24.5 Å².